The molecular formula is C27H24N4O. The summed E-state index contributed by atoms with van der Waals surface area (Å²) in [6.45, 7) is 4.06. The smallest absolute Gasteiger partial charge is 0.0995 e. The molecule has 1 aromatic heterocycles. The van der Waals surface area contributed by atoms with Crippen LogP contribution in [0.25, 0.3) is 10.9 Å². The van der Waals surface area contributed by atoms with Crippen LogP contribution in [0.2, 0.25) is 0 Å². The normalized spacial score (nSPS) is 14.2. The number of ether oxygens (including phenoxy) is 1. The maximum absolute atomic E-state index is 9.44. The van der Waals surface area contributed by atoms with Crippen LogP contribution in [-0.4, -0.2) is 37.1 Å². The van der Waals surface area contributed by atoms with Crippen molar-refractivity contribution in [2.24, 2.45) is 4.99 Å². The van der Waals surface area contributed by atoms with Crippen LogP contribution >= 0.6 is 0 Å². The predicted octanol–water partition coefficient (Wildman–Crippen LogP) is 5.15. The molecule has 1 aliphatic heterocycles. The summed E-state index contributed by atoms with van der Waals surface area (Å²) in [6.07, 6.45) is 4.04. The van der Waals surface area contributed by atoms with Crippen molar-refractivity contribution in [1.29, 1.82) is 5.26 Å². The van der Waals surface area contributed by atoms with Crippen molar-refractivity contribution < 1.29 is 4.74 Å². The fourth-order valence-corrected chi connectivity index (χ4v) is 4.17. The highest BCUT2D eigenvalue weighted by Crippen LogP contribution is 2.24. The van der Waals surface area contributed by atoms with Crippen LogP contribution in [0, 0.1) is 11.3 Å². The molecule has 5 heteroatoms. The first-order valence-electron chi connectivity index (χ1n) is 10.8. The molecule has 0 N–H and O–H groups in total. The lowest BCUT2D eigenvalue weighted by Crippen LogP contribution is -2.36. The molecule has 0 spiro atoms. The molecule has 1 aliphatic rings. The quantitative estimate of drug-likeness (QED) is 0.420. The first-order valence-corrected chi connectivity index (χ1v) is 10.8. The average molecular weight is 421 g/mol. The minimum absolute atomic E-state index is 0.645. The van der Waals surface area contributed by atoms with Crippen LogP contribution in [0.4, 0.5) is 11.4 Å². The summed E-state index contributed by atoms with van der Waals surface area (Å²) in [6, 6.07) is 26.7. The van der Waals surface area contributed by atoms with Crippen molar-refractivity contribution in [2.45, 2.75) is 6.54 Å². The molecule has 1 fully saturated rings. The number of hydrogen-bond acceptors (Lipinski definition) is 4. The molecule has 1 saturated heterocycles. The summed E-state index contributed by atoms with van der Waals surface area (Å²) in [5, 5.41) is 10.6. The summed E-state index contributed by atoms with van der Waals surface area (Å²) >= 11 is 0. The summed E-state index contributed by atoms with van der Waals surface area (Å²) in [4.78, 5) is 7.07. The number of aliphatic imine (C=N–C) groups is 1. The Kier molecular flexibility index (Phi) is 5.69. The van der Waals surface area contributed by atoms with E-state index >= 15 is 0 Å². The second-order valence-corrected chi connectivity index (χ2v) is 7.87. The summed E-state index contributed by atoms with van der Waals surface area (Å²) in [5.41, 5.74) is 6.05. The third-order valence-corrected chi connectivity index (χ3v) is 5.88. The number of para-hydroxylation sites is 1. The van der Waals surface area contributed by atoms with Crippen molar-refractivity contribution in [3.63, 3.8) is 0 Å². The molecule has 0 atom stereocenters. The van der Waals surface area contributed by atoms with Gasteiger partial charge in [0.25, 0.3) is 0 Å². The van der Waals surface area contributed by atoms with Gasteiger partial charge in [-0.1, -0.05) is 36.4 Å². The zero-order valence-corrected chi connectivity index (χ0v) is 17.8. The molecule has 0 radical (unpaired) electrons. The Labute approximate surface area is 187 Å². The fraction of sp³-hybridized carbons (Fsp3) is 0.185. The van der Waals surface area contributed by atoms with E-state index in [4.69, 9.17) is 9.73 Å². The second kappa shape index (κ2) is 9.09. The molecule has 4 aromatic rings. The van der Waals surface area contributed by atoms with Crippen LogP contribution in [0.1, 0.15) is 16.7 Å². The minimum atomic E-state index is 0.645. The lowest BCUT2D eigenvalue weighted by molar-refractivity contribution is 0.122. The number of nitriles is 1. The number of morpholine rings is 1. The highest BCUT2D eigenvalue weighted by Gasteiger charge is 2.11. The van der Waals surface area contributed by atoms with E-state index in [0.29, 0.717) is 12.1 Å². The van der Waals surface area contributed by atoms with E-state index in [1.54, 1.807) is 0 Å². The highest BCUT2D eigenvalue weighted by molar-refractivity contribution is 6.00. The van der Waals surface area contributed by atoms with E-state index in [9.17, 15) is 5.26 Å². The molecule has 0 saturated carbocycles. The standard InChI is InChI=1S/C27H24N4O/c28-17-21-5-1-2-6-22(21)19-31-20-23(26-7-3-4-8-27(26)31)18-29-24-9-11-25(12-10-24)30-13-15-32-16-14-30/h1-12,18,20H,13-16,19H2. The predicted molar refractivity (Wildman–Crippen MR) is 129 cm³/mol. The topological polar surface area (TPSA) is 53.5 Å². The van der Waals surface area contributed by atoms with Crippen molar-refractivity contribution in [2.75, 3.05) is 31.2 Å². The van der Waals surface area contributed by atoms with Crippen LogP contribution in [-0.2, 0) is 11.3 Å². The van der Waals surface area contributed by atoms with Crippen molar-refractivity contribution in [3.05, 3.63) is 95.7 Å². The number of hydrogen-bond donors (Lipinski definition) is 0. The third kappa shape index (κ3) is 4.14. The van der Waals surface area contributed by atoms with Gasteiger partial charge in [0.15, 0.2) is 0 Å². The van der Waals surface area contributed by atoms with Gasteiger partial charge in [0.2, 0.25) is 0 Å². The Bertz CT molecular complexity index is 1290. The number of aromatic nitrogens is 1. The van der Waals surface area contributed by atoms with Gasteiger partial charge in [-0.25, -0.2) is 0 Å². The van der Waals surface area contributed by atoms with Crippen LogP contribution in [0.3, 0.4) is 0 Å². The van der Waals surface area contributed by atoms with Gasteiger partial charge in [-0.3, -0.25) is 4.99 Å². The lowest BCUT2D eigenvalue weighted by atomic mass is 10.1. The molecule has 3 aromatic carbocycles. The van der Waals surface area contributed by atoms with Gasteiger partial charge in [0.1, 0.15) is 0 Å². The SMILES string of the molecule is N#Cc1ccccc1Cn1cc(C=Nc2ccc(N3CCOCC3)cc2)c2ccccc21. The van der Waals surface area contributed by atoms with Crippen molar-refractivity contribution in [3.8, 4) is 6.07 Å². The Morgan fingerprint density at radius 2 is 1.69 bits per heavy atom. The molecular weight excluding hydrogens is 396 g/mol. The van der Waals surface area contributed by atoms with Gasteiger partial charge in [0, 0.05) is 54.2 Å². The number of anilines is 1. The van der Waals surface area contributed by atoms with E-state index in [-0.39, 0.29) is 0 Å². The van der Waals surface area contributed by atoms with E-state index in [1.165, 1.54) is 5.69 Å². The van der Waals surface area contributed by atoms with Crippen molar-refractivity contribution >= 4 is 28.5 Å². The summed E-state index contributed by atoms with van der Waals surface area (Å²) < 4.78 is 7.63. The molecule has 32 heavy (non-hydrogen) atoms. The van der Waals surface area contributed by atoms with Crippen molar-refractivity contribution in [1.82, 2.24) is 4.57 Å². The molecule has 5 nitrogen and oxygen atoms in total. The number of nitrogens with zero attached hydrogens (tertiary/aromatic N) is 4. The zero-order chi connectivity index (χ0) is 21.8. The van der Waals surface area contributed by atoms with E-state index in [2.05, 4.69) is 58.1 Å². The maximum Gasteiger partial charge on any atom is 0.0995 e. The molecule has 0 amide bonds. The first-order chi connectivity index (χ1) is 15.8. The molecule has 2 heterocycles. The van der Waals surface area contributed by atoms with Gasteiger partial charge in [-0.2, -0.15) is 5.26 Å². The third-order valence-electron chi connectivity index (χ3n) is 5.88. The Morgan fingerprint density at radius 3 is 2.50 bits per heavy atom. The van der Waals surface area contributed by atoms with Crippen LogP contribution in [0.15, 0.2) is 84.0 Å². The fourth-order valence-electron chi connectivity index (χ4n) is 4.17. The highest BCUT2D eigenvalue weighted by atomic mass is 16.5. The number of benzene rings is 3. The Hall–Kier alpha value is -3.88. The van der Waals surface area contributed by atoms with Crippen LogP contribution in [0.5, 0.6) is 0 Å². The number of fused-ring (bicyclic) bond motifs is 1. The second-order valence-electron chi connectivity index (χ2n) is 7.87. The largest absolute Gasteiger partial charge is 0.378 e. The molecule has 158 valence electrons. The summed E-state index contributed by atoms with van der Waals surface area (Å²) in [7, 11) is 0. The van der Waals surface area contributed by atoms with Gasteiger partial charge in [0.05, 0.1) is 30.5 Å². The number of rotatable bonds is 5. The molecule has 5 rings (SSSR count). The van der Waals surface area contributed by atoms with E-state index < -0.39 is 0 Å². The monoisotopic (exact) mass is 420 g/mol. The lowest BCUT2D eigenvalue weighted by Gasteiger charge is -2.28. The summed E-state index contributed by atoms with van der Waals surface area (Å²) in [5.74, 6) is 0. The minimum Gasteiger partial charge on any atom is -0.378 e. The van der Waals surface area contributed by atoms with E-state index in [0.717, 1.165) is 54.0 Å². The van der Waals surface area contributed by atoms with Gasteiger partial charge >= 0.3 is 0 Å². The molecule has 0 unspecified atom stereocenters. The van der Waals surface area contributed by atoms with Crippen LogP contribution < -0.4 is 4.90 Å². The molecule has 0 bridgehead atoms. The average Bonchev–Trinajstić information content (AvgIpc) is 3.21. The first kappa shape index (κ1) is 20.0. The zero-order valence-electron chi connectivity index (χ0n) is 17.8. The molecule has 0 aliphatic carbocycles. The van der Waals surface area contributed by atoms with E-state index in [1.807, 2.05) is 42.6 Å². The van der Waals surface area contributed by atoms with Gasteiger partial charge in [-0.15, -0.1) is 0 Å². The Morgan fingerprint density at radius 1 is 0.938 bits per heavy atom. The van der Waals surface area contributed by atoms with Gasteiger partial charge < -0.3 is 14.2 Å². The Balaban J connectivity index is 1.41. The maximum atomic E-state index is 9.44. The van der Waals surface area contributed by atoms with Gasteiger partial charge in [-0.05, 0) is 42.0 Å².